The number of nitrogens with zero attached hydrogens (tertiary/aromatic N) is 2. The van der Waals surface area contributed by atoms with Crippen molar-refractivity contribution in [2.45, 2.75) is 0 Å². The molecule has 0 saturated heterocycles. The van der Waals surface area contributed by atoms with E-state index in [2.05, 4.69) is 16.2 Å². The molecule has 1 rings (SSSR count). The van der Waals surface area contributed by atoms with Gasteiger partial charge in [-0.2, -0.15) is 10.7 Å². The number of carbonyl (C=O) groups is 1. The lowest BCUT2D eigenvalue weighted by atomic mass is 10.8. The minimum atomic E-state index is -0.414. The van der Waals surface area contributed by atoms with Crippen LogP contribution in [0.1, 0.15) is 0 Å². The van der Waals surface area contributed by atoms with E-state index in [0.717, 1.165) is 0 Å². The van der Waals surface area contributed by atoms with Gasteiger partial charge in [0, 0.05) is 0 Å². The minimum Gasteiger partial charge on any atom is -0.244 e. The molecular formula is C3H3N3O. The summed E-state index contributed by atoms with van der Waals surface area (Å²) in [6.07, 6.45) is 2.74. The summed E-state index contributed by atoms with van der Waals surface area (Å²) in [7, 11) is 0. The minimum absolute atomic E-state index is 0.414. The topological polar surface area (TPSA) is 57.3 Å². The van der Waals surface area contributed by atoms with Gasteiger partial charge >= 0.3 is 6.03 Å². The highest BCUT2D eigenvalue weighted by Crippen LogP contribution is 1.73. The summed E-state index contributed by atoms with van der Waals surface area (Å²) in [4.78, 5) is 10.0. The van der Waals surface area contributed by atoms with Crippen molar-refractivity contribution in [3.8, 4) is 0 Å². The van der Waals surface area contributed by atoms with Crippen LogP contribution in [0, 0.1) is 0 Å². The van der Waals surface area contributed by atoms with E-state index in [1.54, 1.807) is 0 Å². The van der Waals surface area contributed by atoms with Gasteiger partial charge in [-0.15, -0.1) is 0 Å². The maximum Gasteiger partial charge on any atom is 0.361 e. The Balaban J connectivity index is 2.47. The number of urea groups is 1. The molecule has 0 fully saturated rings. The quantitative estimate of drug-likeness (QED) is 0.427. The van der Waals surface area contributed by atoms with E-state index in [9.17, 15) is 4.79 Å². The molecule has 0 atom stereocenters. The van der Waals surface area contributed by atoms with Crippen molar-refractivity contribution >= 4 is 6.03 Å². The highest BCUT2D eigenvalue weighted by atomic mass is 16.2. The van der Waals surface area contributed by atoms with Crippen LogP contribution in [0.25, 0.3) is 0 Å². The first-order valence-electron chi connectivity index (χ1n) is 1.75. The monoisotopic (exact) mass is 97.0 g/mol. The predicted octanol–water partition coefficient (Wildman–Crippen LogP) is -0.695. The van der Waals surface area contributed by atoms with Crippen LogP contribution in [-0.4, -0.2) is 6.03 Å². The van der Waals surface area contributed by atoms with Gasteiger partial charge in [0.15, 0.2) is 0 Å². The standard InChI is InChI=1S/C3H3N3O/c7-3-4-1-2-5-6-3/h1-2H,(H,6,7). The number of hydrogen-bond acceptors (Lipinski definition) is 1. The zero-order valence-corrected chi connectivity index (χ0v) is 3.46. The van der Waals surface area contributed by atoms with Crippen LogP contribution in [0.2, 0.25) is 0 Å². The molecule has 0 aliphatic carbocycles. The third-order valence-corrected chi connectivity index (χ3v) is 0.493. The van der Waals surface area contributed by atoms with E-state index in [1.807, 2.05) is 0 Å². The van der Waals surface area contributed by atoms with Crippen molar-refractivity contribution in [2.24, 2.45) is 0 Å². The molecule has 0 aromatic heterocycles. The molecule has 1 N–H and O–H groups in total. The van der Waals surface area contributed by atoms with Crippen LogP contribution < -0.4 is 16.2 Å². The molecule has 0 spiro atoms. The second-order valence-electron chi connectivity index (χ2n) is 0.973. The number of nitrogens with one attached hydrogen (secondary N) is 1. The first-order valence-corrected chi connectivity index (χ1v) is 1.75. The van der Waals surface area contributed by atoms with Crippen LogP contribution in [0.4, 0.5) is 4.79 Å². The molecule has 0 bridgehead atoms. The van der Waals surface area contributed by atoms with Crippen molar-refractivity contribution in [3.63, 3.8) is 0 Å². The number of carbonyl (C=O) groups excluding carboxylic acids is 1. The van der Waals surface area contributed by atoms with Crippen LogP contribution >= 0.6 is 0 Å². The second kappa shape index (κ2) is 1.51. The van der Waals surface area contributed by atoms with E-state index >= 15 is 0 Å². The first kappa shape index (κ1) is 3.98. The predicted molar refractivity (Wildman–Crippen MR) is 21.9 cm³/mol. The fourth-order valence-corrected chi connectivity index (χ4v) is 0.256. The third kappa shape index (κ3) is 0.819. The van der Waals surface area contributed by atoms with E-state index < -0.39 is 6.03 Å². The van der Waals surface area contributed by atoms with Gasteiger partial charge < -0.3 is 0 Å². The molecule has 4 heteroatoms. The Morgan fingerprint density at radius 2 is 2.43 bits per heavy atom. The lowest BCUT2D eigenvalue weighted by molar-refractivity contribution is 0.239. The molecule has 2 amide bonds. The number of amides is 2. The molecule has 0 aromatic carbocycles. The summed E-state index contributed by atoms with van der Waals surface area (Å²) in [5.74, 6) is 0. The highest BCUT2D eigenvalue weighted by Gasteiger charge is 1.99. The largest absolute Gasteiger partial charge is 0.361 e. The third-order valence-electron chi connectivity index (χ3n) is 0.493. The molecule has 1 aliphatic rings. The van der Waals surface area contributed by atoms with Gasteiger partial charge in [-0.3, -0.25) is 0 Å². The summed E-state index contributed by atoms with van der Waals surface area (Å²) in [5, 5.41) is 3.31. The summed E-state index contributed by atoms with van der Waals surface area (Å²) in [6.45, 7) is 0. The molecular weight excluding hydrogens is 94.1 g/mol. The summed E-state index contributed by atoms with van der Waals surface area (Å²) >= 11 is 0. The van der Waals surface area contributed by atoms with Crippen LogP contribution in [0.5, 0.6) is 0 Å². The van der Waals surface area contributed by atoms with Gasteiger partial charge in [-0.25, -0.2) is 10.2 Å². The van der Waals surface area contributed by atoms with Gasteiger partial charge in [0.1, 0.15) is 0 Å². The molecule has 0 saturated carbocycles. The molecule has 2 radical (unpaired) electrons. The van der Waals surface area contributed by atoms with Gasteiger partial charge in [0.05, 0.1) is 12.4 Å². The summed E-state index contributed by atoms with van der Waals surface area (Å²) in [6, 6.07) is -0.414. The zero-order chi connectivity index (χ0) is 5.11. The van der Waals surface area contributed by atoms with Gasteiger partial charge in [-0.1, -0.05) is 0 Å². The van der Waals surface area contributed by atoms with Crippen molar-refractivity contribution in [2.75, 3.05) is 0 Å². The van der Waals surface area contributed by atoms with E-state index in [-0.39, 0.29) is 0 Å². The molecule has 7 heavy (non-hydrogen) atoms. The van der Waals surface area contributed by atoms with Crippen molar-refractivity contribution < 1.29 is 4.79 Å². The molecule has 4 nitrogen and oxygen atoms in total. The van der Waals surface area contributed by atoms with E-state index in [1.165, 1.54) is 12.4 Å². The summed E-state index contributed by atoms with van der Waals surface area (Å²) in [5.41, 5.74) is 5.50. The maximum atomic E-state index is 10.0. The fourth-order valence-electron chi connectivity index (χ4n) is 0.256. The molecule has 0 aromatic rings. The first-order chi connectivity index (χ1) is 3.39. The number of hydrogen-bond donors (Lipinski definition) is 1. The number of rotatable bonds is 0. The van der Waals surface area contributed by atoms with Crippen LogP contribution in [0.15, 0.2) is 12.4 Å². The molecule has 36 valence electrons. The van der Waals surface area contributed by atoms with Crippen LogP contribution in [0.3, 0.4) is 0 Å². The van der Waals surface area contributed by atoms with Gasteiger partial charge in [-0.05, 0) is 0 Å². The second-order valence-corrected chi connectivity index (χ2v) is 0.973. The zero-order valence-electron chi connectivity index (χ0n) is 3.46. The Hall–Kier alpha value is -1.19. The lowest BCUT2D eigenvalue weighted by Gasteiger charge is -2.01. The van der Waals surface area contributed by atoms with Gasteiger partial charge in [0.25, 0.3) is 0 Å². The highest BCUT2D eigenvalue weighted by molar-refractivity contribution is 5.74. The normalized spacial score (nSPS) is 16.9. The smallest absolute Gasteiger partial charge is 0.244 e. The average molecular weight is 97.1 g/mol. The van der Waals surface area contributed by atoms with E-state index in [0.29, 0.717) is 0 Å². The Morgan fingerprint density at radius 1 is 1.57 bits per heavy atom. The molecule has 0 unspecified atom stereocenters. The van der Waals surface area contributed by atoms with Crippen molar-refractivity contribution in [1.29, 1.82) is 0 Å². The van der Waals surface area contributed by atoms with Crippen molar-refractivity contribution in [1.82, 2.24) is 16.2 Å². The van der Waals surface area contributed by atoms with Crippen molar-refractivity contribution in [3.05, 3.63) is 12.4 Å². The Kier molecular flexibility index (Phi) is 0.856. The van der Waals surface area contributed by atoms with E-state index in [4.69, 9.17) is 0 Å². The average Bonchev–Trinajstić information content (AvgIpc) is 1.69. The fraction of sp³-hybridized carbons (Fsp3) is 0. The SMILES string of the molecule is O=C1[N]C=C[N]N1. The Morgan fingerprint density at radius 3 is 2.71 bits per heavy atom. The lowest BCUT2D eigenvalue weighted by Crippen LogP contribution is -2.35. The maximum absolute atomic E-state index is 10.0. The van der Waals surface area contributed by atoms with Crippen LogP contribution in [-0.2, 0) is 0 Å². The summed E-state index contributed by atoms with van der Waals surface area (Å²) < 4.78 is 0. The van der Waals surface area contributed by atoms with Gasteiger partial charge in [0.2, 0.25) is 0 Å². The Labute approximate surface area is 40.6 Å². The Bertz CT molecular complexity index is 109. The molecule has 1 aliphatic heterocycles. The molecule has 1 heterocycles.